The zero-order chi connectivity index (χ0) is 24.5. The van der Waals surface area contributed by atoms with Crippen molar-refractivity contribution >= 4 is 11.7 Å². The molecule has 2 atom stereocenters. The van der Waals surface area contributed by atoms with E-state index in [0.29, 0.717) is 29.1 Å². The number of hydrogen-bond donors (Lipinski definition) is 2. The second kappa shape index (κ2) is 9.61. The van der Waals surface area contributed by atoms with Gasteiger partial charge in [-0.05, 0) is 65.0 Å². The smallest absolute Gasteiger partial charge is 0.257 e. The van der Waals surface area contributed by atoms with Crippen LogP contribution in [0.2, 0.25) is 0 Å². The third-order valence-electron chi connectivity index (χ3n) is 6.89. The fourth-order valence-electron chi connectivity index (χ4n) is 4.85. The summed E-state index contributed by atoms with van der Waals surface area (Å²) < 4.78 is 16.5. The molecule has 1 amide bonds. The molecule has 1 aliphatic heterocycles. The number of fused-ring (bicyclic) bond motifs is 1. The Hall–Kier alpha value is -3.15. The standard InChI is InChI=1S/C28H35FN4O/c1-6-21(16-15-20-13-11-18(2)12-14-20)30-27(34)25-19(3)32-33-26(25)31-24(17-28(33,4)5)22-9-7-8-10-23(22)29/h7-14,21,24,31H,6,15-17H2,1-5H3,(H,30,34). The SMILES string of the molecule is CCC(CCc1ccc(C)cc1)NC(=O)c1c(C)nn2c1NC(c1ccccc1F)CC2(C)C. The number of aromatic nitrogens is 2. The number of anilines is 1. The first-order valence-corrected chi connectivity index (χ1v) is 12.2. The summed E-state index contributed by atoms with van der Waals surface area (Å²) in [6.07, 6.45) is 3.28. The molecule has 0 aliphatic carbocycles. The summed E-state index contributed by atoms with van der Waals surface area (Å²) in [7, 11) is 0. The largest absolute Gasteiger partial charge is 0.363 e. The molecule has 5 nitrogen and oxygen atoms in total. The number of amides is 1. The van der Waals surface area contributed by atoms with E-state index in [4.69, 9.17) is 5.10 Å². The first kappa shape index (κ1) is 24.0. The molecule has 1 aliphatic rings. The molecule has 0 bridgehead atoms. The maximum absolute atomic E-state index is 14.6. The van der Waals surface area contributed by atoms with Crippen molar-refractivity contribution in [2.75, 3.05) is 5.32 Å². The minimum Gasteiger partial charge on any atom is -0.363 e. The Morgan fingerprint density at radius 1 is 1.21 bits per heavy atom. The zero-order valence-electron chi connectivity index (χ0n) is 20.8. The van der Waals surface area contributed by atoms with E-state index in [2.05, 4.69) is 62.6 Å². The number of halogens is 1. The Kier molecular flexibility index (Phi) is 6.78. The lowest BCUT2D eigenvalue weighted by Crippen LogP contribution is -2.39. The molecular formula is C28H35FN4O. The molecule has 2 N–H and O–H groups in total. The van der Waals surface area contributed by atoms with Gasteiger partial charge >= 0.3 is 0 Å². The van der Waals surface area contributed by atoms with Crippen LogP contribution in [0.3, 0.4) is 0 Å². The minimum atomic E-state index is -0.369. The Balaban J connectivity index is 1.55. The van der Waals surface area contributed by atoms with Gasteiger partial charge in [0.05, 0.1) is 17.3 Å². The summed E-state index contributed by atoms with van der Waals surface area (Å²) in [4.78, 5) is 13.5. The van der Waals surface area contributed by atoms with Gasteiger partial charge in [0.2, 0.25) is 0 Å². The maximum atomic E-state index is 14.6. The van der Waals surface area contributed by atoms with Gasteiger partial charge < -0.3 is 10.6 Å². The average molecular weight is 463 g/mol. The van der Waals surface area contributed by atoms with Gasteiger partial charge in [-0.3, -0.25) is 4.79 Å². The van der Waals surface area contributed by atoms with Crippen molar-refractivity contribution in [1.29, 1.82) is 0 Å². The molecule has 2 aromatic carbocycles. The minimum absolute atomic E-state index is 0.0581. The molecule has 2 unspecified atom stereocenters. The van der Waals surface area contributed by atoms with Crippen LogP contribution in [0.5, 0.6) is 0 Å². The van der Waals surface area contributed by atoms with Gasteiger partial charge in [-0.25, -0.2) is 9.07 Å². The first-order valence-electron chi connectivity index (χ1n) is 12.2. The quantitative estimate of drug-likeness (QED) is 0.448. The van der Waals surface area contributed by atoms with Crippen LogP contribution in [-0.2, 0) is 12.0 Å². The number of nitrogens with one attached hydrogen (secondary N) is 2. The van der Waals surface area contributed by atoms with Crippen LogP contribution in [-0.4, -0.2) is 21.7 Å². The van der Waals surface area contributed by atoms with E-state index in [-0.39, 0.29) is 29.3 Å². The van der Waals surface area contributed by atoms with E-state index in [1.165, 1.54) is 17.2 Å². The third kappa shape index (κ3) is 4.86. The predicted molar refractivity (Wildman–Crippen MR) is 135 cm³/mol. The molecule has 180 valence electrons. The summed E-state index contributed by atoms with van der Waals surface area (Å²) in [6, 6.07) is 15.2. The van der Waals surface area contributed by atoms with E-state index in [1.54, 1.807) is 12.1 Å². The van der Waals surface area contributed by atoms with Gasteiger partial charge in [-0.15, -0.1) is 0 Å². The molecule has 34 heavy (non-hydrogen) atoms. The number of nitrogens with zero attached hydrogens (tertiary/aromatic N) is 2. The summed E-state index contributed by atoms with van der Waals surface area (Å²) in [6.45, 7) is 10.2. The van der Waals surface area contributed by atoms with Crippen LogP contribution in [0.15, 0.2) is 48.5 Å². The monoisotopic (exact) mass is 462 g/mol. The molecule has 4 rings (SSSR count). The highest BCUT2D eigenvalue weighted by molar-refractivity contribution is 6.00. The molecule has 0 radical (unpaired) electrons. The Morgan fingerprint density at radius 2 is 1.91 bits per heavy atom. The number of rotatable bonds is 7. The highest BCUT2D eigenvalue weighted by Gasteiger charge is 2.38. The maximum Gasteiger partial charge on any atom is 0.257 e. The van der Waals surface area contributed by atoms with Crippen LogP contribution in [0, 0.1) is 19.7 Å². The first-order chi connectivity index (χ1) is 16.2. The fraction of sp³-hybridized carbons (Fsp3) is 0.429. The molecule has 2 heterocycles. The fourth-order valence-corrected chi connectivity index (χ4v) is 4.85. The van der Waals surface area contributed by atoms with Crippen LogP contribution in [0.1, 0.15) is 78.8 Å². The highest BCUT2D eigenvalue weighted by Crippen LogP contribution is 2.41. The van der Waals surface area contributed by atoms with Gasteiger partial charge in [0.25, 0.3) is 5.91 Å². The van der Waals surface area contributed by atoms with Gasteiger partial charge in [0.1, 0.15) is 17.2 Å². The van der Waals surface area contributed by atoms with Crippen LogP contribution < -0.4 is 10.6 Å². The third-order valence-corrected chi connectivity index (χ3v) is 6.89. The normalized spacial score (nSPS) is 17.5. The van der Waals surface area contributed by atoms with Crippen molar-refractivity contribution in [2.24, 2.45) is 0 Å². The summed E-state index contributed by atoms with van der Waals surface area (Å²) in [5, 5.41) is 11.4. The number of hydrogen-bond acceptors (Lipinski definition) is 3. The van der Waals surface area contributed by atoms with Crippen molar-refractivity contribution in [3.05, 3.63) is 82.3 Å². The van der Waals surface area contributed by atoms with Gasteiger partial charge in [0, 0.05) is 11.6 Å². The van der Waals surface area contributed by atoms with Crippen molar-refractivity contribution in [3.8, 4) is 0 Å². The van der Waals surface area contributed by atoms with Gasteiger partial charge in [0.15, 0.2) is 0 Å². The molecule has 0 spiro atoms. The molecule has 6 heteroatoms. The molecule has 0 saturated carbocycles. The molecule has 0 fully saturated rings. The Bertz CT molecular complexity index is 1170. The van der Waals surface area contributed by atoms with Crippen molar-refractivity contribution in [3.63, 3.8) is 0 Å². The second-order valence-electron chi connectivity index (χ2n) is 10.1. The predicted octanol–water partition coefficient (Wildman–Crippen LogP) is 6.07. The topological polar surface area (TPSA) is 59.0 Å². The second-order valence-corrected chi connectivity index (χ2v) is 10.1. The van der Waals surface area contributed by atoms with Crippen molar-refractivity contribution in [2.45, 2.75) is 77.9 Å². The lowest BCUT2D eigenvalue weighted by molar-refractivity contribution is 0.0933. The van der Waals surface area contributed by atoms with E-state index in [0.717, 1.165) is 19.3 Å². The Labute approximate surface area is 201 Å². The van der Waals surface area contributed by atoms with E-state index in [1.807, 2.05) is 17.7 Å². The molecule has 0 saturated heterocycles. The van der Waals surface area contributed by atoms with E-state index < -0.39 is 0 Å². The van der Waals surface area contributed by atoms with E-state index in [9.17, 15) is 9.18 Å². The number of aryl methyl sites for hydroxylation is 3. The van der Waals surface area contributed by atoms with E-state index >= 15 is 0 Å². The zero-order valence-corrected chi connectivity index (χ0v) is 20.8. The van der Waals surface area contributed by atoms with Crippen LogP contribution in [0.4, 0.5) is 10.2 Å². The van der Waals surface area contributed by atoms with Crippen molar-refractivity contribution < 1.29 is 9.18 Å². The van der Waals surface area contributed by atoms with Gasteiger partial charge in [-0.2, -0.15) is 5.10 Å². The van der Waals surface area contributed by atoms with Crippen LogP contribution in [0.25, 0.3) is 0 Å². The molecular weight excluding hydrogens is 427 g/mol. The molecule has 3 aromatic rings. The average Bonchev–Trinajstić information content (AvgIpc) is 3.14. The number of benzene rings is 2. The lowest BCUT2D eigenvalue weighted by atomic mass is 9.88. The lowest BCUT2D eigenvalue weighted by Gasteiger charge is -2.38. The van der Waals surface area contributed by atoms with Crippen LogP contribution >= 0.6 is 0 Å². The summed E-state index contributed by atoms with van der Waals surface area (Å²) in [5.41, 5.74) is 3.98. The van der Waals surface area contributed by atoms with Gasteiger partial charge in [-0.1, -0.05) is 55.0 Å². The summed E-state index contributed by atoms with van der Waals surface area (Å²) >= 11 is 0. The Morgan fingerprint density at radius 3 is 2.59 bits per heavy atom. The summed E-state index contributed by atoms with van der Waals surface area (Å²) in [5.74, 6) is 0.286. The van der Waals surface area contributed by atoms with Crippen molar-refractivity contribution in [1.82, 2.24) is 15.1 Å². The molecule has 1 aromatic heterocycles. The number of carbonyl (C=O) groups is 1. The number of carbonyl (C=O) groups excluding carboxylic acids is 1. The highest BCUT2D eigenvalue weighted by atomic mass is 19.1.